The first-order valence-electron chi connectivity index (χ1n) is 11.2. The van der Waals surface area contributed by atoms with Gasteiger partial charge in [-0.3, -0.25) is 4.79 Å². The summed E-state index contributed by atoms with van der Waals surface area (Å²) in [6, 6.07) is 14.5. The summed E-state index contributed by atoms with van der Waals surface area (Å²) in [5.74, 6) is 0.171. The Bertz CT molecular complexity index is 1290. The number of aromatic amines is 1. The van der Waals surface area contributed by atoms with E-state index >= 15 is 0 Å². The predicted octanol–water partition coefficient (Wildman–Crippen LogP) is 3.74. The van der Waals surface area contributed by atoms with E-state index < -0.39 is 0 Å². The minimum atomic E-state index is -0.0965. The second-order valence-corrected chi connectivity index (χ2v) is 8.72. The van der Waals surface area contributed by atoms with Gasteiger partial charge in [-0.15, -0.1) is 0 Å². The molecule has 0 unspecified atom stereocenters. The first kappa shape index (κ1) is 21.2. The smallest absolute Gasteiger partial charge is 0.255 e. The molecule has 0 aliphatic heterocycles. The number of anilines is 1. The van der Waals surface area contributed by atoms with Crippen molar-refractivity contribution < 1.29 is 9.90 Å². The van der Waals surface area contributed by atoms with Crippen LogP contribution in [0.3, 0.4) is 0 Å². The quantitative estimate of drug-likeness (QED) is 0.422. The van der Waals surface area contributed by atoms with Crippen LogP contribution in [0.4, 0.5) is 5.95 Å². The number of fused-ring (bicyclic) bond motifs is 1. The zero-order valence-electron chi connectivity index (χ0n) is 18.6. The molecule has 0 atom stereocenters. The summed E-state index contributed by atoms with van der Waals surface area (Å²) in [5, 5.41) is 10.3. The number of nitrogens with one attached hydrogen (secondary N) is 1. The van der Waals surface area contributed by atoms with Crippen molar-refractivity contribution >= 4 is 22.8 Å². The highest BCUT2D eigenvalue weighted by molar-refractivity contribution is 6.06. The van der Waals surface area contributed by atoms with Crippen LogP contribution in [0.5, 0.6) is 0 Å². The van der Waals surface area contributed by atoms with E-state index in [2.05, 4.69) is 51.5 Å². The number of nitrogen functional groups attached to an aromatic ring is 1. The minimum absolute atomic E-state index is 0.0597. The summed E-state index contributed by atoms with van der Waals surface area (Å²) in [4.78, 5) is 26.0. The largest absolute Gasteiger partial charge is 0.395 e. The fraction of sp³-hybridized carbons (Fsp3) is 0.269. The molecule has 4 N–H and O–H groups in total. The monoisotopic (exact) mass is 441 g/mol. The number of aliphatic hydroxyl groups is 1. The van der Waals surface area contributed by atoms with Gasteiger partial charge in [0.05, 0.1) is 17.7 Å². The lowest BCUT2D eigenvalue weighted by molar-refractivity contribution is 0.0768. The van der Waals surface area contributed by atoms with Crippen LogP contribution >= 0.6 is 0 Å². The number of H-pyrrole nitrogens is 1. The maximum absolute atomic E-state index is 12.9. The SMILES string of the molecule is CN(CCO)C(=O)c1cccc2c(C3(c4ccc(-c5cnc(N)nc5)cc4)CCC3)c[nH]c12. The molecule has 2 heterocycles. The zero-order valence-corrected chi connectivity index (χ0v) is 18.6. The van der Waals surface area contributed by atoms with Gasteiger partial charge in [0.25, 0.3) is 5.91 Å². The van der Waals surface area contributed by atoms with Gasteiger partial charge >= 0.3 is 0 Å². The number of benzene rings is 2. The molecule has 1 aliphatic carbocycles. The molecular formula is C26H27N5O2. The topological polar surface area (TPSA) is 108 Å². The van der Waals surface area contributed by atoms with Crippen molar-refractivity contribution in [2.75, 3.05) is 25.9 Å². The Morgan fingerprint density at radius 1 is 1.12 bits per heavy atom. The third-order valence-corrected chi connectivity index (χ3v) is 6.89. The molecule has 1 fully saturated rings. The number of nitrogens with zero attached hydrogens (tertiary/aromatic N) is 3. The number of hydrogen-bond acceptors (Lipinski definition) is 5. The number of para-hydroxylation sites is 1. The minimum Gasteiger partial charge on any atom is -0.395 e. The molecule has 7 heteroatoms. The molecule has 7 nitrogen and oxygen atoms in total. The molecule has 0 spiro atoms. The van der Waals surface area contributed by atoms with Gasteiger partial charge in [-0.2, -0.15) is 0 Å². The van der Waals surface area contributed by atoms with Crippen molar-refractivity contribution in [1.29, 1.82) is 0 Å². The Balaban J connectivity index is 1.52. The Morgan fingerprint density at radius 2 is 1.85 bits per heavy atom. The van der Waals surface area contributed by atoms with Crippen LogP contribution in [0.25, 0.3) is 22.0 Å². The number of rotatable bonds is 6. The number of hydrogen-bond donors (Lipinski definition) is 3. The van der Waals surface area contributed by atoms with Crippen LogP contribution in [0, 0.1) is 0 Å². The number of aliphatic hydroxyl groups excluding tert-OH is 1. The van der Waals surface area contributed by atoms with Gasteiger partial charge < -0.3 is 20.7 Å². The van der Waals surface area contributed by atoms with Crippen LogP contribution in [0.15, 0.2) is 61.1 Å². The van der Waals surface area contributed by atoms with Gasteiger partial charge in [0, 0.05) is 48.5 Å². The molecule has 1 aliphatic rings. The van der Waals surface area contributed by atoms with Gasteiger partial charge in [0.1, 0.15) is 0 Å². The molecule has 168 valence electrons. The van der Waals surface area contributed by atoms with E-state index in [1.54, 1.807) is 24.3 Å². The molecule has 1 amide bonds. The lowest BCUT2D eigenvalue weighted by Gasteiger charge is -2.43. The number of nitrogens with two attached hydrogens (primary N) is 1. The highest BCUT2D eigenvalue weighted by Gasteiger charge is 2.42. The third-order valence-electron chi connectivity index (χ3n) is 6.89. The lowest BCUT2D eigenvalue weighted by atomic mass is 9.60. The van der Waals surface area contributed by atoms with Gasteiger partial charge in [-0.05, 0) is 35.6 Å². The third kappa shape index (κ3) is 3.54. The van der Waals surface area contributed by atoms with Crippen LogP contribution < -0.4 is 5.73 Å². The lowest BCUT2D eigenvalue weighted by Crippen LogP contribution is -2.35. The molecule has 0 bridgehead atoms. The van der Waals surface area contributed by atoms with Crippen LogP contribution in [-0.2, 0) is 5.41 Å². The van der Waals surface area contributed by atoms with E-state index in [9.17, 15) is 9.90 Å². The zero-order chi connectivity index (χ0) is 23.0. The maximum Gasteiger partial charge on any atom is 0.255 e. The summed E-state index contributed by atoms with van der Waals surface area (Å²) in [5.41, 5.74) is 11.5. The molecule has 0 saturated heterocycles. The van der Waals surface area contributed by atoms with E-state index in [0.717, 1.165) is 41.3 Å². The number of likely N-dealkylation sites (N-methyl/N-ethyl adjacent to an activating group) is 1. The summed E-state index contributed by atoms with van der Waals surface area (Å²) in [7, 11) is 1.71. The average Bonchev–Trinajstić information content (AvgIpc) is 3.24. The average molecular weight is 442 g/mol. The fourth-order valence-electron chi connectivity index (χ4n) is 4.90. The van der Waals surface area contributed by atoms with E-state index in [1.807, 2.05) is 12.1 Å². The van der Waals surface area contributed by atoms with Gasteiger partial charge in [0.15, 0.2) is 0 Å². The molecule has 2 aromatic heterocycles. The fourth-order valence-corrected chi connectivity index (χ4v) is 4.90. The molecule has 4 aromatic rings. The predicted molar refractivity (Wildman–Crippen MR) is 129 cm³/mol. The number of amides is 1. The van der Waals surface area contributed by atoms with Crippen LogP contribution in [0.2, 0.25) is 0 Å². The van der Waals surface area contributed by atoms with Crippen molar-refractivity contribution in [1.82, 2.24) is 19.9 Å². The summed E-state index contributed by atoms with van der Waals surface area (Å²) >= 11 is 0. The molecule has 5 rings (SSSR count). The van der Waals surface area contributed by atoms with Gasteiger partial charge in [-0.1, -0.05) is 42.8 Å². The Kier molecular flexibility index (Phi) is 5.34. The maximum atomic E-state index is 12.9. The molecule has 33 heavy (non-hydrogen) atoms. The number of carbonyl (C=O) groups excluding carboxylic acids is 1. The second-order valence-electron chi connectivity index (χ2n) is 8.72. The van der Waals surface area contributed by atoms with Crippen LogP contribution in [0.1, 0.15) is 40.7 Å². The highest BCUT2D eigenvalue weighted by atomic mass is 16.3. The van der Waals surface area contributed by atoms with Gasteiger partial charge in [0.2, 0.25) is 5.95 Å². The second kappa shape index (κ2) is 8.33. The molecule has 2 aromatic carbocycles. The summed E-state index contributed by atoms with van der Waals surface area (Å²) in [6.07, 6.45) is 8.83. The highest BCUT2D eigenvalue weighted by Crippen LogP contribution is 2.51. The Hall–Kier alpha value is -3.71. The first-order chi connectivity index (χ1) is 16.0. The Labute approximate surface area is 192 Å². The first-order valence-corrected chi connectivity index (χ1v) is 11.2. The molecule has 1 saturated carbocycles. The van der Waals surface area contributed by atoms with Crippen molar-refractivity contribution in [3.63, 3.8) is 0 Å². The van der Waals surface area contributed by atoms with E-state index in [1.165, 1.54) is 11.1 Å². The summed E-state index contributed by atoms with van der Waals surface area (Å²) in [6.45, 7) is 0.244. The van der Waals surface area contributed by atoms with E-state index in [-0.39, 0.29) is 23.9 Å². The van der Waals surface area contributed by atoms with Crippen molar-refractivity contribution in [3.05, 3.63) is 77.7 Å². The van der Waals surface area contributed by atoms with Crippen molar-refractivity contribution in [2.45, 2.75) is 24.7 Å². The standard InChI is InChI=1S/C26H27N5O2/c1-31(12-13-32)24(33)21-5-2-4-20-22(16-28-23(20)21)26(10-3-11-26)19-8-6-17(7-9-19)18-14-29-25(27)30-15-18/h2,4-9,14-16,28,32H,3,10-13H2,1H3,(H2,27,29,30). The number of carbonyl (C=O) groups is 1. The Morgan fingerprint density at radius 3 is 2.48 bits per heavy atom. The van der Waals surface area contributed by atoms with Crippen molar-refractivity contribution in [3.8, 4) is 11.1 Å². The van der Waals surface area contributed by atoms with E-state index in [0.29, 0.717) is 12.1 Å². The van der Waals surface area contributed by atoms with E-state index in [4.69, 9.17) is 5.73 Å². The summed E-state index contributed by atoms with van der Waals surface area (Å²) < 4.78 is 0. The normalized spacial score (nSPS) is 14.7. The van der Waals surface area contributed by atoms with Crippen LogP contribution in [-0.4, -0.2) is 51.1 Å². The molecule has 0 radical (unpaired) electrons. The van der Waals surface area contributed by atoms with Crippen molar-refractivity contribution in [2.24, 2.45) is 0 Å². The molecular weight excluding hydrogens is 414 g/mol. The van der Waals surface area contributed by atoms with Gasteiger partial charge in [-0.25, -0.2) is 9.97 Å². The number of aromatic nitrogens is 3.